The molecule has 96 valence electrons. The van der Waals surface area contributed by atoms with Crippen LogP contribution in [0.1, 0.15) is 31.2 Å². The van der Waals surface area contributed by atoms with Crippen LogP contribution < -0.4 is 5.32 Å². The maximum atomic E-state index is 3.45. The van der Waals surface area contributed by atoms with Gasteiger partial charge in [0.1, 0.15) is 0 Å². The number of hydrogen-bond donors (Lipinski definition) is 1. The average Bonchev–Trinajstić information content (AvgIpc) is 2.80. The number of nitrogens with zero attached hydrogens (tertiary/aromatic N) is 1. The topological polar surface area (TPSA) is 17.0 Å². The smallest absolute Gasteiger partial charge is 0.0480 e. The Morgan fingerprint density at radius 1 is 1.22 bits per heavy atom. The Balaban J connectivity index is 1.90. The van der Waals surface area contributed by atoms with Gasteiger partial charge >= 0.3 is 0 Å². The molecule has 1 atom stereocenters. The second-order valence-corrected chi connectivity index (χ2v) is 5.62. The molecule has 0 aliphatic carbocycles. The van der Waals surface area contributed by atoms with Crippen LogP contribution in [0.5, 0.6) is 0 Å². The van der Waals surface area contributed by atoms with Gasteiger partial charge in [-0.25, -0.2) is 0 Å². The van der Waals surface area contributed by atoms with Crippen molar-refractivity contribution in [2.45, 2.75) is 25.7 Å². The zero-order valence-electron chi connectivity index (χ0n) is 11.3. The van der Waals surface area contributed by atoms with Crippen molar-refractivity contribution in [2.24, 2.45) is 13.0 Å². The maximum absolute atomic E-state index is 3.45. The Hall–Kier alpha value is -1.28. The van der Waals surface area contributed by atoms with E-state index in [1.54, 1.807) is 0 Å². The van der Waals surface area contributed by atoms with E-state index in [-0.39, 0.29) is 0 Å². The SMILES string of the molecule is CC(c1ccc2ccn(C)c2c1)C1CCNCC1. The van der Waals surface area contributed by atoms with Gasteiger partial charge in [-0.05, 0) is 60.8 Å². The number of aryl methyl sites for hydroxylation is 1. The van der Waals surface area contributed by atoms with Crippen LogP contribution in [0, 0.1) is 5.92 Å². The number of rotatable bonds is 2. The Kier molecular flexibility index (Phi) is 3.13. The fourth-order valence-corrected chi connectivity index (χ4v) is 3.18. The van der Waals surface area contributed by atoms with E-state index in [0.717, 1.165) is 5.92 Å². The molecule has 1 aliphatic heterocycles. The molecule has 1 unspecified atom stereocenters. The van der Waals surface area contributed by atoms with Gasteiger partial charge in [-0.15, -0.1) is 0 Å². The van der Waals surface area contributed by atoms with Gasteiger partial charge in [0.25, 0.3) is 0 Å². The first-order valence-electron chi connectivity index (χ1n) is 7.01. The third-order valence-electron chi connectivity index (χ3n) is 4.53. The summed E-state index contributed by atoms with van der Waals surface area (Å²) in [5, 5.41) is 4.80. The summed E-state index contributed by atoms with van der Waals surface area (Å²) in [7, 11) is 2.13. The monoisotopic (exact) mass is 242 g/mol. The molecule has 2 heteroatoms. The number of fused-ring (bicyclic) bond motifs is 1. The van der Waals surface area contributed by atoms with Crippen molar-refractivity contribution in [3.05, 3.63) is 36.0 Å². The largest absolute Gasteiger partial charge is 0.351 e. The molecule has 1 N–H and O–H groups in total. The first-order chi connectivity index (χ1) is 8.75. The first kappa shape index (κ1) is 11.8. The number of nitrogens with one attached hydrogen (secondary N) is 1. The van der Waals surface area contributed by atoms with Crippen molar-refractivity contribution in [1.29, 1.82) is 0 Å². The number of piperidine rings is 1. The highest BCUT2D eigenvalue weighted by atomic mass is 14.9. The molecular formula is C16H22N2. The molecular weight excluding hydrogens is 220 g/mol. The summed E-state index contributed by atoms with van der Waals surface area (Å²) in [5.41, 5.74) is 2.85. The van der Waals surface area contributed by atoms with Crippen LogP contribution in [0.4, 0.5) is 0 Å². The predicted octanol–water partition coefficient (Wildman–Crippen LogP) is 3.28. The molecule has 0 radical (unpaired) electrons. The molecule has 18 heavy (non-hydrogen) atoms. The van der Waals surface area contributed by atoms with Crippen LogP contribution in [0.2, 0.25) is 0 Å². The lowest BCUT2D eigenvalue weighted by molar-refractivity contribution is 0.330. The minimum absolute atomic E-state index is 0.673. The van der Waals surface area contributed by atoms with E-state index >= 15 is 0 Å². The molecule has 3 rings (SSSR count). The molecule has 0 spiro atoms. The van der Waals surface area contributed by atoms with Crippen LogP contribution in [-0.4, -0.2) is 17.7 Å². The molecule has 2 nitrogen and oxygen atoms in total. The molecule has 2 heterocycles. The molecule has 0 saturated carbocycles. The van der Waals surface area contributed by atoms with E-state index in [1.807, 2.05) is 0 Å². The molecule has 0 bridgehead atoms. The maximum Gasteiger partial charge on any atom is 0.0480 e. The van der Waals surface area contributed by atoms with Crippen LogP contribution in [0.25, 0.3) is 10.9 Å². The second kappa shape index (κ2) is 4.77. The highest BCUT2D eigenvalue weighted by molar-refractivity contribution is 5.80. The van der Waals surface area contributed by atoms with Gasteiger partial charge in [0.15, 0.2) is 0 Å². The quantitative estimate of drug-likeness (QED) is 0.855. The van der Waals surface area contributed by atoms with Crippen LogP contribution >= 0.6 is 0 Å². The summed E-state index contributed by atoms with van der Waals surface area (Å²) in [6.07, 6.45) is 4.77. The molecule has 1 aromatic heterocycles. The van der Waals surface area contributed by atoms with E-state index in [1.165, 1.54) is 42.4 Å². The average molecular weight is 242 g/mol. The Labute approximate surface area is 109 Å². The Morgan fingerprint density at radius 3 is 2.78 bits per heavy atom. The van der Waals surface area contributed by atoms with Gasteiger partial charge in [0.05, 0.1) is 0 Å². The standard InChI is InChI=1S/C16H22N2/c1-12(13-5-8-17-9-6-13)15-4-3-14-7-10-18(2)16(14)11-15/h3-4,7,10-13,17H,5-6,8-9H2,1-2H3. The van der Waals surface area contributed by atoms with Gasteiger partial charge in [0.2, 0.25) is 0 Å². The lowest BCUT2D eigenvalue weighted by atomic mass is 9.81. The third kappa shape index (κ3) is 2.05. The molecule has 2 aromatic rings. The van der Waals surface area contributed by atoms with E-state index in [9.17, 15) is 0 Å². The number of aromatic nitrogens is 1. The normalized spacial score (nSPS) is 19.2. The third-order valence-corrected chi connectivity index (χ3v) is 4.53. The van der Waals surface area contributed by atoms with Crippen molar-refractivity contribution in [2.75, 3.05) is 13.1 Å². The minimum atomic E-state index is 0.673. The summed E-state index contributed by atoms with van der Waals surface area (Å²) in [6, 6.07) is 9.15. The second-order valence-electron chi connectivity index (χ2n) is 5.62. The molecule has 1 aromatic carbocycles. The minimum Gasteiger partial charge on any atom is -0.351 e. The highest BCUT2D eigenvalue weighted by Gasteiger charge is 2.21. The summed E-state index contributed by atoms with van der Waals surface area (Å²) >= 11 is 0. The lowest BCUT2D eigenvalue weighted by Gasteiger charge is -2.28. The Bertz CT molecular complexity index is 535. The lowest BCUT2D eigenvalue weighted by Crippen LogP contribution is -2.30. The van der Waals surface area contributed by atoms with Crippen molar-refractivity contribution in [3.63, 3.8) is 0 Å². The van der Waals surface area contributed by atoms with Gasteiger partial charge in [-0.2, -0.15) is 0 Å². The van der Waals surface area contributed by atoms with Crippen LogP contribution in [0.3, 0.4) is 0 Å². The highest BCUT2D eigenvalue weighted by Crippen LogP contribution is 2.32. The van der Waals surface area contributed by atoms with Gasteiger partial charge in [0, 0.05) is 18.8 Å². The Morgan fingerprint density at radius 2 is 2.00 bits per heavy atom. The van der Waals surface area contributed by atoms with Gasteiger partial charge < -0.3 is 9.88 Å². The van der Waals surface area contributed by atoms with E-state index in [4.69, 9.17) is 0 Å². The molecule has 1 saturated heterocycles. The number of benzene rings is 1. The van der Waals surface area contributed by atoms with E-state index in [2.05, 4.69) is 54.3 Å². The molecule has 1 fully saturated rings. The predicted molar refractivity (Wildman–Crippen MR) is 76.9 cm³/mol. The first-order valence-corrected chi connectivity index (χ1v) is 7.01. The molecule has 0 amide bonds. The van der Waals surface area contributed by atoms with Crippen LogP contribution in [0.15, 0.2) is 30.5 Å². The van der Waals surface area contributed by atoms with Crippen LogP contribution in [-0.2, 0) is 7.05 Å². The summed E-state index contributed by atoms with van der Waals surface area (Å²) in [6.45, 7) is 4.75. The summed E-state index contributed by atoms with van der Waals surface area (Å²) in [5.74, 6) is 1.51. The van der Waals surface area contributed by atoms with Crippen molar-refractivity contribution in [3.8, 4) is 0 Å². The summed E-state index contributed by atoms with van der Waals surface area (Å²) < 4.78 is 2.22. The zero-order chi connectivity index (χ0) is 12.5. The van der Waals surface area contributed by atoms with E-state index in [0.29, 0.717) is 5.92 Å². The van der Waals surface area contributed by atoms with Gasteiger partial charge in [-0.1, -0.05) is 19.1 Å². The fourth-order valence-electron chi connectivity index (χ4n) is 3.18. The fraction of sp³-hybridized carbons (Fsp3) is 0.500. The van der Waals surface area contributed by atoms with Gasteiger partial charge in [-0.3, -0.25) is 0 Å². The van der Waals surface area contributed by atoms with Crippen molar-refractivity contribution in [1.82, 2.24) is 9.88 Å². The molecule has 1 aliphatic rings. The number of hydrogen-bond acceptors (Lipinski definition) is 1. The van der Waals surface area contributed by atoms with Crippen molar-refractivity contribution >= 4 is 10.9 Å². The zero-order valence-corrected chi connectivity index (χ0v) is 11.3. The van der Waals surface area contributed by atoms with E-state index < -0.39 is 0 Å². The van der Waals surface area contributed by atoms with Crippen molar-refractivity contribution < 1.29 is 0 Å². The summed E-state index contributed by atoms with van der Waals surface area (Å²) in [4.78, 5) is 0.